The molecule has 4 rings (SSSR count). The van der Waals surface area contributed by atoms with Gasteiger partial charge in [-0.2, -0.15) is 13.2 Å². The molecule has 1 heterocycles. The molecule has 3 aromatic rings. The average molecular weight is 572 g/mol. The zero-order valence-corrected chi connectivity index (χ0v) is 22.6. The first-order valence-electron chi connectivity index (χ1n) is 13.2. The van der Waals surface area contributed by atoms with E-state index in [0.717, 1.165) is 11.1 Å². The van der Waals surface area contributed by atoms with Crippen molar-refractivity contribution in [3.63, 3.8) is 0 Å². The Morgan fingerprint density at radius 1 is 0.878 bits per heavy atom. The van der Waals surface area contributed by atoms with Crippen LogP contribution in [-0.4, -0.2) is 47.1 Å². The molecule has 8 nitrogen and oxygen atoms in total. The lowest BCUT2D eigenvalue weighted by molar-refractivity contribution is -0.384. The van der Waals surface area contributed by atoms with Gasteiger partial charge in [0.1, 0.15) is 12.2 Å². The molecule has 2 N–H and O–H groups in total. The van der Waals surface area contributed by atoms with E-state index >= 15 is 0 Å². The number of hydrogen-bond donors (Lipinski definition) is 2. The van der Waals surface area contributed by atoms with E-state index in [-0.39, 0.29) is 18.7 Å². The predicted octanol–water partition coefficient (Wildman–Crippen LogP) is 5.11. The molecule has 1 fully saturated rings. The zero-order valence-electron chi connectivity index (χ0n) is 22.6. The minimum absolute atomic E-state index is 0.0545. The van der Waals surface area contributed by atoms with Crippen LogP contribution in [0.5, 0.6) is 0 Å². The van der Waals surface area contributed by atoms with Crippen LogP contribution in [0.2, 0.25) is 0 Å². The molecule has 0 aliphatic carbocycles. The summed E-state index contributed by atoms with van der Waals surface area (Å²) in [4.78, 5) is 22.9. The fraction of sp³-hybridized carbons (Fsp3) is 0.367. The van der Waals surface area contributed by atoms with Gasteiger partial charge in [0, 0.05) is 24.7 Å². The van der Waals surface area contributed by atoms with Crippen molar-refractivity contribution >= 4 is 11.6 Å². The van der Waals surface area contributed by atoms with Crippen LogP contribution in [0.15, 0.2) is 84.9 Å². The second kappa shape index (κ2) is 12.8. The Bertz CT molecular complexity index is 1320. The van der Waals surface area contributed by atoms with Gasteiger partial charge in [0.2, 0.25) is 0 Å². The van der Waals surface area contributed by atoms with E-state index in [0.29, 0.717) is 12.0 Å². The second-order valence-electron chi connectivity index (χ2n) is 10.4. The highest BCUT2D eigenvalue weighted by molar-refractivity contribution is 5.82. The van der Waals surface area contributed by atoms with Crippen molar-refractivity contribution in [1.82, 2.24) is 10.6 Å². The quantitative estimate of drug-likeness (QED) is 0.245. The topological polar surface area (TPSA) is 103 Å². The first-order valence-corrected chi connectivity index (χ1v) is 13.2. The Balaban J connectivity index is 1.67. The number of nitrogens with one attached hydrogen (secondary N) is 2. The number of nitro groups is 1. The number of carbonyl (C=O) groups is 1. The van der Waals surface area contributed by atoms with Crippen molar-refractivity contribution in [1.29, 1.82) is 0 Å². The normalized spacial score (nSPS) is 19.8. The summed E-state index contributed by atoms with van der Waals surface area (Å²) in [7, 11) is 0. The first-order chi connectivity index (χ1) is 19.4. The molecular weight excluding hydrogens is 539 g/mol. The van der Waals surface area contributed by atoms with Gasteiger partial charge in [-0.1, -0.05) is 72.8 Å². The second-order valence-corrected chi connectivity index (χ2v) is 10.4. The summed E-state index contributed by atoms with van der Waals surface area (Å²) in [5, 5.41) is 16.8. The summed E-state index contributed by atoms with van der Waals surface area (Å²) in [6.45, 7) is 3.57. The molecule has 0 radical (unpaired) electrons. The van der Waals surface area contributed by atoms with Crippen molar-refractivity contribution in [2.24, 2.45) is 0 Å². The van der Waals surface area contributed by atoms with E-state index < -0.39 is 47.1 Å². The Morgan fingerprint density at radius 2 is 1.39 bits per heavy atom. The van der Waals surface area contributed by atoms with Crippen molar-refractivity contribution in [2.75, 3.05) is 0 Å². The number of halogens is 3. The fourth-order valence-electron chi connectivity index (χ4n) is 5.01. The number of non-ortho nitro benzene ring substituents is 1. The summed E-state index contributed by atoms with van der Waals surface area (Å²) in [5.74, 6) is -3.22. The van der Waals surface area contributed by atoms with E-state index in [1.165, 1.54) is 12.1 Å². The number of carbonyl (C=O) groups excluding carboxylic acids is 1. The molecular formula is C30H32F3N3O5. The molecule has 1 saturated heterocycles. The number of hydrogen-bond acceptors (Lipinski definition) is 6. The lowest BCUT2D eigenvalue weighted by Gasteiger charge is -2.32. The molecule has 1 aliphatic rings. The maximum absolute atomic E-state index is 13.4. The van der Waals surface area contributed by atoms with Gasteiger partial charge >= 0.3 is 12.1 Å². The average Bonchev–Trinajstić information content (AvgIpc) is 3.26. The number of alkyl halides is 3. The number of rotatable bonds is 11. The van der Waals surface area contributed by atoms with Crippen molar-refractivity contribution in [3.8, 4) is 0 Å². The van der Waals surface area contributed by atoms with Crippen LogP contribution in [0, 0.1) is 10.1 Å². The van der Waals surface area contributed by atoms with E-state index in [1.807, 2.05) is 30.3 Å². The van der Waals surface area contributed by atoms with Crippen LogP contribution in [0.25, 0.3) is 0 Å². The van der Waals surface area contributed by atoms with Gasteiger partial charge in [0.25, 0.3) is 5.69 Å². The smallest absolute Gasteiger partial charge is 0.343 e. The molecule has 1 amide bonds. The van der Waals surface area contributed by atoms with Crippen molar-refractivity contribution in [2.45, 2.75) is 69.5 Å². The van der Waals surface area contributed by atoms with Gasteiger partial charge in [-0.05, 0) is 43.4 Å². The molecule has 0 bridgehead atoms. The van der Waals surface area contributed by atoms with E-state index in [2.05, 4.69) is 10.6 Å². The molecule has 0 saturated carbocycles. The molecule has 3 aromatic carbocycles. The van der Waals surface area contributed by atoms with Crippen LogP contribution in [0.4, 0.5) is 18.9 Å². The lowest BCUT2D eigenvalue weighted by Crippen LogP contribution is -2.56. The lowest BCUT2D eigenvalue weighted by atomic mass is 9.91. The third-order valence-corrected chi connectivity index (χ3v) is 6.82. The van der Waals surface area contributed by atoms with Gasteiger partial charge in [-0.3, -0.25) is 14.9 Å². The highest BCUT2D eigenvalue weighted by atomic mass is 19.4. The zero-order chi connectivity index (χ0) is 29.6. The summed E-state index contributed by atoms with van der Waals surface area (Å²) in [6.07, 6.45) is -6.33. The fourth-order valence-corrected chi connectivity index (χ4v) is 5.01. The molecule has 0 spiro atoms. The van der Waals surface area contributed by atoms with E-state index in [9.17, 15) is 28.1 Å². The molecule has 218 valence electrons. The highest BCUT2D eigenvalue weighted by Crippen LogP contribution is 2.34. The predicted molar refractivity (Wildman–Crippen MR) is 146 cm³/mol. The highest BCUT2D eigenvalue weighted by Gasteiger charge is 2.50. The van der Waals surface area contributed by atoms with Crippen LogP contribution < -0.4 is 10.6 Å². The third kappa shape index (κ3) is 8.35. The molecule has 4 atom stereocenters. The maximum atomic E-state index is 13.4. The molecule has 0 aromatic heterocycles. The minimum Gasteiger partial charge on any atom is -0.343 e. The summed E-state index contributed by atoms with van der Waals surface area (Å²) in [5.41, 5.74) is 2.26. The number of nitro benzene ring substituents is 1. The maximum Gasteiger partial charge on any atom is 0.471 e. The number of ether oxygens (including phenoxy) is 2. The Kier molecular flexibility index (Phi) is 9.42. The SMILES string of the molecule is CC1(C)OC([C@@H](Cc2ccccc2)NCc2cccc([N+](=O)[O-])c2)C([C@@H](Cc2ccccc2)NC(=O)C(F)(F)F)O1. The van der Waals surface area contributed by atoms with Crippen LogP contribution in [0.1, 0.15) is 30.5 Å². The van der Waals surface area contributed by atoms with Gasteiger partial charge in [0.15, 0.2) is 5.79 Å². The Hall–Kier alpha value is -3.80. The standard InChI is InChI=1S/C30H32F3N3O5/c1-29(2)40-26(27(41-29)25(35-28(37)30(31,32)33)18-21-12-7-4-8-13-21)24(17-20-10-5-3-6-11-20)34-19-22-14-9-15-23(16-22)36(38)39/h3-16,24-27,34H,17-19H2,1-2H3,(H,35,37)/t24-,25-,26?,27?/m1/s1. The summed E-state index contributed by atoms with van der Waals surface area (Å²) >= 11 is 0. The minimum atomic E-state index is -5.08. The monoisotopic (exact) mass is 571 g/mol. The Morgan fingerprint density at radius 3 is 1.93 bits per heavy atom. The molecule has 1 aliphatic heterocycles. The molecule has 2 unspecified atom stereocenters. The number of amides is 1. The summed E-state index contributed by atoms with van der Waals surface area (Å²) in [6, 6.07) is 23.0. The van der Waals surface area contributed by atoms with Crippen LogP contribution in [0.3, 0.4) is 0 Å². The van der Waals surface area contributed by atoms with Crippen LogP contribution >= 0.6 is 0 Å². The van der Waals surface area contributed by atoms with Crippen LogP contribution in [-0.2, 0) is 33.7 Å². The van der Waals surface area contributed by atoms with Gasteiger partial charge < -0.3 is 20.1 Å². The van der Waals surface area contributed by atoms with Crippen molar-refractivity contribution < 1.29 is 32.4 Å². The number of nitrogens with zero attached hydrogens (tertiary/aromatic N) is 1. The largest absolute Gasteiger partial charge is 0.471 e. The third-order valence-electron chi connectivity index (χ3n) is 6.82. The van der Waals surface area contributed by atoms with E-state index in [4.69, 9.17) is 9.47 Å². The number of benzene rings is 3. The van der Waals surface area contributed by atoms with Gasteiger partial charge in [-0.15, -0.1) is 0 Å². The Labute approximate surface area is 236 Å². The van der Waals surface area contributed by atoms with Crippen molar-refractivity contribution in [3.05, 3.63) is 112 Å². The molecule has 11 heteroatoms. The first kappa shape index (κ1) is 30.2. The van der Waals surface area contributed by atoms with E-state index in [1.54, 1.807) is 56.3 Å². The van der Waals surface area contributed by atoms with Gasteiger partial charge in [-0.25, -0.2) is 0 Å². The summed E-state index contributed by atoms with van der Waals surface area (Å²) < 4.78 is 52.7. The van der Waals surface area contributed by atoms with Gasteiger partial charge in [0.05, 0.1) is 11.0 Å². The molecule has 41 heavy (non-hydrogen) atoms.